The van der Waals surface area contributed by atoms with Crippen LogP contribution in [-0.4, -0.2) is 30.1 Å². The summed E-state index contributed by atoms with van der Waals surface area (Å²) in [5, 5.41) is 14.2. The lowest BCUT2D eigenvalue weighted by atomic mass is 10.1. The Morgan fingerprint density at radius 1 is 1.18 bits per heavy atom. The lowest BCUT2D eigenvalue weighted by Gasteiger charge is -2.08. The first-order valence-corrected chi connectivity index (χ1v) is 7.27. The minimum absolute atomic E-state index is 0.0556. The van der Waals surface area contributed by atoms with Gasteiger partial charge in [-0.2, -0.15) is 0 Å². The zero-order valence-electron chi connectivity index (χ0n) is 12.5. The minimum atomic E-state index is -0.714. The van der Waals surface area contributed by atoms with Crippen LogP contribution in [0.25, 0.3) is 10.8 Å². The van der Waals surface area contributed by atoms with E-state index in [0.717, 1.165) is 23.6 Å². The molecule has 0 radical (unpaired) electrons. The molecule has 1 amide bonds. The van der Waals surface area contributed by atoms with Crippen LogP contribution in [0.3, 0.4) is 0 Å². The van der Waals surface area contributed by atoms with E-state index in [4.69, 9.17) is 4.74 Å². The second-order valence-corrected chi connectivity index (χ2v) is 5.00. The van der Waals surface area contributed by atoms with Crippen molar-refractivity contribution in [1.29, 1.82) is 0 Å². The summed E-state index contributed by atoms with van der Waals surface area (Å²) in [6.07, 6.45) is 1.86. The predicted molar refractivity (Wildman–Crippen MR) is 83.8 cm³/mol. The lowest BCUT2D eigenvalue weighted by Crippen LogP contribution is -2.29. The van der Waals surface area contributed by atoms with Gasteiger partial charge in [0.2, 0.25) is 0 Å². The fourth-order valence-electron chi connectivity index (χ4n) is 2.06. The molecule has 2 rings (SSSR count). The summed E-state index contributed by atoms with van der Waals surface area (Å²) in [5.74, 6) is -1.22. The number of aromatic hydroxyl groups is 1. The SMILES string of the molecule is CCCCNC(=O)COC(=O)c1cc2ccccc2cc1O. The predicted octanol–water partition coefficient (Wildman–Crippen LogP) is 2.62. The van der Waals surface area contributed by atoms with Crippen molar-refractivity contribution in [2.75, 3.05) is 13.2 Å². The Labute approximate surface area is 128 Å². The molecule has 0 aliphatic carbocycles. The van der Waals surface area contributed by atoms with Gasteiger partial charge in [-0.1, -0.05) is 37.6 Å². The van der Waals surface area contributed by atoms with Crippen LogP contribution in [0.1, 0.15) is 30.1 Å². The van der Waals surface area contributed by atoms with Crippen LogP contribution in [-0.2, 0) is 9.53 Å². The molecule has 0 fully saturated rings. The van der Waals surface area contributed by atoms with E-state index in [1.54, 1.807) is 6.07 Å². The van der Waals surface area contributed by atoms with Crippen LogP contribution < -0.4 is 5.32 Å². The third-order valence-electron chi connectivity index (χ3n) is 3.27. The molecule has 0 aliphatic rings. The zero-order valence-corrected chi connectivity index (χ0v) is 12.5. The third kappa shape index (κ3) is 3.97. The summed E-state index contributed by atoms with van der Waals surface area (Å²) in [6.45, 7) is 2.23. The molecule has 0 saturated carbocycles. The van der Waals surface area contributed by atoms with E-state index in [1.807, 2.05) is 31.2 Å². The zero-order chi connectivity index (χ0) is 15.9. The molecule has 116 valence electrons. The number of hydrogen-bond acceptors (Lipinski definition) is 4. The largest absolute Gasteiger partial charge is 0.507 e. The molecular weight excluding hydrogens is 282 g/mol. The average molecular weight is 301 g/mol. The monoisotopic (exact) mass is 301 g/mol. The first-order chi connectivity index (χ1) is 10.6. The van der Waals surface area contributed by atoms with Crippen molar-refractivity contribution in [3.8, 4) is 5.75 Å². The van der Waals surface area contributed by atoms with Gasteiger partial charge in [0.05, 0.1) is 0 Å². The number of amides is 1. The van der Waals surface area contributed by atoms with Gasteiger partial charge < -0.3 is 15.2 Å². The highest BCUT2D eigenvalue weighted by Gasteiger charge is 2.15. The average Bonchev–Trinajstić information content (AvgIpc) is 2.52. The van der Waals surface area contributed by atoms with Crippen molar-refractivity contribution in [1.82, 2.24) is 5.32 Å². The molecule has 2 aromatic carbocycles. The molecule has 0 aromatic heterocycles. The molecular formula is C17H19NO4. The first-order valence-electron chi connectivity index (χ1n) is 7.27. The molecule has 0 heterocycles. The van der Waals surface area contributed by atoms with Gasteiger partial charge in [0.25, 0.3) is 5.91 Å². The van der Waals surface area contributed by atoms with Crippen molar-refractivity contribution in [2.45, 2.75) is 19.8 Å². The smallest absolute Gasteiger partial charge is 0.342 e. The van der Waals surface area contributed by atoms with E-state index in [9.17, 15) is 14.7 Å². The van der Waals surface area contributed by atoms with Crippen LogP contribution in [0.15, 0.2) is 36.4 Å². The first kappa shape index (κ1) is 15.8. The van der Waals surface area contributed by atoms with Gasteiger partial charge in [-0.3, -0.25) is 4.79 Å². The van der Waals surface area contributed by atoms with Gasteiger partial charge in [-0.25, -0.2) is 4.79 Å². The van der Waals surface area contributed by atoms with Crippen LogP contribution in [0.2, 0.25) is 0 Å². The van der Waals surface area contributed by atoms with Crippen LogP contribution >= 0.6 is 0 Å². The van der Waals surface area contributed by atoms with Gasteiger partial charge in [-0.15, -0.1) is 0 Å². The Hall–Kier alpha value is -2.56. The van der Waals surface area contributed by atoms with Crippen molar-refractivity contribution >= 4 is 22.6 Å². The summed E-state index contributed by atoms with van der Waals surface area (Å²) >= 11 is 0. The Morgan fingerprint density at radius 2 is 1.86 bits per heavy atom. The Balaban J connectivity index is 2.00. The van der Waals surface area contributed by atoms with E-state index in [-0.39, 0.29) is 23.8 Å². The number of rotatable bonds is 6. The molecule has 22 heavy (non-hydrogen) atoms. The molecule has 0 unspecified atom stereocenters. The normalized spacial score (nSPS) is 10.4. The van der Waals surface area contributed by atoms with Gasteiger partial charge in [-0.05, 0) is 29.3 Å². The summed E-state index contributed by atoms with van der Waals surface area (Å²) in [6, 6.07) is 10.4. The van der Waals surface area contributed by atoms with Gasteiger partial charge in [0.15, 0.2) is 6.61 Å². The van der Waals surface area contributed by atoms with Gasteiger partial charge in [0, 0.05) is 6.54 Å². The van der Waals surface area contributed by atoms with E-state index in [2.05, 4.69) is 5.32 Å². The number of phenolic OH excluding ortho intramolecular Hbond substituents is 1. The standard InChI is InChI=1S/C17H19NO4/c1-2-3-8-18-16(20)11-22-17(21)14-9-12-6-4-5-7-13(12)10-15(14)19/h4-7,9-10,19H,2-3,8,11H2,1H3,(H,18,20). The van der Waals surface area contributed by atoms with E-state index >= 15 is 0 Å². The number of carbonyl (C=O) groups excluding carboxylic acids is 2. The van der Waals surface area contributed by atoms with Crippen molar-refractivity contribution in [2.24, 2.45) is 0 Å². The molecule has 0 atom stereocenters. The number of fused-ring (bicyclic) bond motifs is 1. The van der Waals surface area contributed by atoms with E-state index < -0.39 is 5.97 Å². The highest BCUT2D eigenvalue weighted by Crippen LogP contribution is 2.25. The maximum absolute atomic E-state index is 12.0. The Morgan fingerprint density at radius 3 is 2.55 bits per heavy atom. The molecule has 5 heteroatoms. The number of nitrogens with one attached hydrogen (secondary N) is 1. The second-order valence-electron chi connectivity index (χ2n) is 5.00. The highest BCUT2D eigenvalue weighted by atomic mass is 16.5. The summed E-state index contributed by atoms with van der Waals surface area (Å²) in [7, 11) is 0. The van der Waals surface area contributed by atoms with E-state index in [0.29, 0.717) is 6.54 Å². The van der Waals surface area contributed by atoms with Gasteiger partial charge in [0.1, 0.15) is 11.3 Å². The van der Waals surface area contributed by atoms with E-state index in [1.165, 1.54) is 6.07 Å². The molecule has 0 spiro atoms. The molecule has 0 bridgehead atoms. The number of phenols is 1. The fraction of sp³-hybridized carbons (Fsp3) is 0.294. The number of benzene rings is 2. The maximum atomic E-state index is 12.0. The number of carbonyl (C=O) groups is 2. The topological polar surface area (TPSA) is 75.6 Å². The molecule has 5 nitrogen and oxygen atoms in total. The van der Waals surface area contributed by atoms with Crippen molar-refractivity contribution < 1.29 is 19.4 Å². The third-order valence-corrected chi connectivity index (χ3v) is 3.27. The lowest BCUT2D eigenvalue weighted by molar-refractivity contribution is -0.124. The van der Waals surface area contributed by atoms with Crippen molar-refractivity contribution in [3.05, 3.63) is 42.0 Å². The number of ether oxygens (including phenoxy) is 1. The Bertz CT molecular complexity index is 681. The van der Waals surface area contributed by atoms with Crippen LogP contribution in [0.4, 0.5) is 0 Å². The second kappa shape index (κ2) is 7.45. The van der Waals surface area contributed by atoms with Crippen molar-refractivity contribution in [3.63, 3.8) is 0 Å². The highest BCUT2D eigenvalue weighted by molar-refractivity contribution is 5.99. The minimum Gasteiger partial charge on any atom is -0.507 e. The fourth-order valence-corrected chi connectivity index (χ4v) is 2.06. The molecule has 2 aromatic rings. The number of unbranched alkanes of at least 4 members (excludes halogenated alkanes) is 1. The maximum Gasteiger partial charge on any atom is 0.342 e. The number of esters is 1. The van der Waals surface area contributed by atoms with Gasteiger partial charge >= 0.3 is 5.97 Å². The number of hydrogen-bond donors (Lipinski definition) is 2. The summed E-state index contributed by atoms with van der Waals surface area (Å²) < 4.78 is 4.94. The molecule has 2 N–H and O–H groups in total. The summed E-state index contributed by atoms with van der Waals surface area (Å²) in [4.78, 5) is 23.5. The Kier molecular flexibility index (Phi) is 5.36. The van der Waals surface area contributed by atoms with Crippen LogP contribution in [0.5, 0.6) is 5.75 Å². The van der Waals surface area contributed by atoms with Crippen LogP contribution in [0, 0.1) is 0 Å². The summed E-state index contributed by atoms with van der Waals surface area (Å²) in [5.41, 5.74) is 0.0556. The quantitative estimate of drug-likeness (QED) is 0.635. The molecule has 0 aliphatic heterocycles. The molecule has 0 saturated heterocycles.